The maximum atomic E-state index is 5.66. The standard InChI is InChI=1S/C10H16ClN3/c1-10(2,3)7-14(4)9-6-5-8(11)12-13-9/h5-6H,7H2,1-4H3. The van der Waals surface area contributed by atoms with Crippen LogP contribution in [-0.2, 0) is 0 Å². The minimum absolute atomic E-state index is 0.246. The first-order chi connectivity index (χ1) is 6.38. The van der Waals surface area contributed by atoms with Gasteiger partial charge in [0, 0.05) is 13.6 Å². The lowest BCUT2D eigenvalue weighted by atomic mass is 9.96. The molecule has 14 heavy (non-hydrogen) atoms. The molecule has 0 fully saturated rings. The minimum atomic E-state index is 0.246. The molecule has 4 heteroatoms. The lowest BCUT2D eigenvalue weighted by molar-refractivity contribution is 0.417. The van der Waals surface area contributed by atoms with Gasteiger partial charge in [-0.2, -0.15) is 0 Å². The second-order valence-corrected chi connectivity index (χ2v) is 5.02. The lowest BCUT2D eigenvalue weighted by Crippen LogP contribution is -2.29. The molecular weight excluding hydrogens is 198 g/mol. The van der Waals surface area contributed by atoms with Gasteiger partial charge in [0.15, 0.2) is 11.0 Å². The predicted octanol–water partition coefficient (Wildman–Crippen LogP) is 2.61. The van der Waals surface area contributed by atoms with Crippen LogP contribution in [0.3, 0.4) is 0 Å². The Morgan fingerprint density at radius 2 is 1.93 bits per heavy atom. The molecule has 1 aromatic rings. The zero-order valence-corrected chi connectivity index (χ0v) is 9.84. The maximum absolute atomic E-state index is 5.66. The van der Waals surface area contributed by atoms with E-state index in [1.165, 1.54) is 0 Å². The molecule has 0 bridgehead atoms. The molecule has 0 aliphatic rings. The van der Waals surface area contributed by atoms with Gasteiger partial charge in [0.25, 0.3) is 0 Å². The van der Waals surface area contributed by atoms with Gasteiger partial charge in [-0.15, -0.1) is 10.2 Å². The zero-order valence-electron chi connectivity index (χ0n) is 9.08. The van der Waals surface area contributed by atoms with Gasteiger partial charge >= 0.3 is 0 Å². The van der Waals surface area contributed by atoms with Crippen molar-refractivity contribution in [1.82, 2.24) is 10.2 Å². The molecule has 0 atom stereocenters. The molecule has 3 nitrogen and oxygen atoms in total. The van der Waals surface area contributed by atoms with Crippen molar-refractivity contribution in [2.24, 2.45) is 5.41 Å². The molecule has 0 unspecified atom stereocenters. The van der Waals surface area contributed by atoms with E-state index < -0.39 is 0 Å². The van der Waals surface area contributed by atoms with Crippen LogP contribution in [0.5, 0.6) is 0 Å². The highest BCUT2D eigenvalue weighted by molar-refractivity contribution is 6.29. The number of nitrogens with zero attached hydrogens (tertiary/aromatic N) is 3. The van der Waals surface area contributed by atoms with Crippen molar-refractivity contribution in [3.8, 4) is 0 Å². The Kier molecular flexibility index (Phi) is 3.32. The summed E-state index contributed by atoms with van der Waals surface area (Å²) in [6.45, 7) is 7.50. The molecule has 0 N–H and O–H groups in total. The Bertz CT molecular complexity index is 289. The number of anilines is 1. The lowest BCUT2D eigenvalue weighted by Gasteiger charge is -2.26. The number of hydrogen-bond acceptors (Lipinski definition) is 3. The maximum Gasteiger partial charge on any atom is 0.151 e. The first kappa shape index (κ1) is 11.2. The molecule has 78 valence electrons. The third-order valence-electron chi connectivity index (χ3n) is 1.72. The molecule has 0 saturated heterocycles. The van der Waals surface area contributed by atoms with Crippen LogP contribution < -0.4 is 4.90 Å². The molecule has 0 saturated carbocycles. The fourth-order valence-corrected chi connectivity index (χ4v) is 1.41. The van der Waals surface area contributed by atoms with Crippen LogP contribution in [0.1, 0.15) is 20.8 Å². The third-order valence-corrected chi connectivity index (χ3v) is 1.92. The van der Waals surface area contributed by atoms with Gasteiger partial charge < -0.3 is 4.90 Å². The fourth-order valence-electron chi connectivity index (χ4n) is 1.31. The highest BCUT2D eigenvalue weighted by Crippen LogP contribution is 2.18. The third kappa shape index (κ3) is 3.50. The highest BCUT2D eigenvalue weighted by Gasteiger charge is 2.14. The average molecular weight is 214 g/mol. The molecule has 0 spiro atoms. The highest BCUT2D eigenvalue weighted by atomic mass is 35.5. The zero-order chi connectivity index (χ0) is 10.8. The molecule has 1 heterocycles. The van der Waals surface area contributed by atoms with Crippen molar-refractivity contribution in [1.29, 1.82) is 0 Å². The van der Waals surface area contributed by atoms with E-state index in [1.807, 2.05) is 13.1 Å². The second-order valence-electron chi connectivity index (χ2n) is 4.63. The molecule has 0 aromatic carbocycles. The Labute approximate surface area is 90.1 Å². The molecule has 1 aromatic heterocycles. The first-order valence-electron chi connectivity index (χ1n) is 4.59. The van der Waals surface area contributed by atoms with Gasteiger partial charge in [0.05, 0.1) is 0 Å². The molecule has 0 amide bonds. The fraction of sp³-hybridized carbons (Fsp3) is 0.600. The normalized spacial score (nSPS) is 11.5. The van der Waals surface area contributed by atoms with Crippen molar-refractivity contribution in [3.63, 3.8) is 0 Å². The van der Waals surface area contributed by atoms with Crippen LogP contribution in [0.4, 0.5) is 5.82 Å². The van der Waals surface area contributed by atoms with Crippen molar-refractivity contribution in [2.45, 2.75) is 20.8 Å². The average Bonchev–Trinajstić information content (AvgIpc) is 2.02. The number of halogens is 1. The van der Waals surface area contributed by atoms with E-state index >= 15 is 0 Å². The summed E-state index contributed by atoms with van der Waals surface area (Å²) in [5.41, 5.74) is 0.246. The SMILES string of the molecule is CN(CC(C)(C)C)c1ccc(Cl)nn1. The Morgan fingerprint density at radius 1 is 1.29 bits per heavy atom. The Balaban J connectivity index is 2.70. The van der Waals surface area contributed by atoms with E-state index in [9.17, 15) is 0 Å². The summed E-state index contributed by atoms with van der Waals surface area (Å²) in [5, 5.41) is 8.24. The summed E-state index contributed by atoms with van der Waals surface area (Å²) in [6, 6.07) is 3.63. The van der Waals surface area contributed by atoms with Gasteiger partial charge in [-0.1, -0.05) is 32.4 Å². The van der Waals surface area contributed by atoms with E-state index in [-0.39, 0.29) is 5.41 Å². The number of aromatic nitrogens is 2. The molecule has 0 aliphatic heterocycles. The number of rotatable bonds is 2. The van der Waals surface area contributed by atoms with E-state index in [0.29, 0.717) is 5.15 Å². The van der Waals surface area contributed by atoms with Crippen LogP contribution in [0.2, 0.25) is 5.15 Å². The van der Waals surface area contributed by atoms with Gasteiger partial charge in [-0.25, -0.2) is 0 Å². The van der Waals surface area contributed by atoms with Crippen LogP contribution in [0, 0.1) is 5.41 Å². The molecule has 1 rings (SSSR count). The Morgan fingerprint density at radius 3 is 2.36 bits per heavy atom. The van der Waals surface area contributed by atoms with Gasteiger partial charge in [0.2, 0.25) is 0 Å². The van der Waals surface area contributed by atoms with E-state index in [4.69, 9.17) is 11.6 Å². The second kappa shape index (κ2) is 4.13. The summed E-state index contributed by atoms with van der Waals surface area (Å²) >= 11 is 5.66. The van der Waals surface area contributed by atoms with Crippen LogP contribution >= 0.6 is 11.6 Å². The van der Waals surface area contributed by atoms with Crippen LogP contribution in [0.25, 0.3) is 0 Å². The largest absolute Gasteiger partial charge is 0.358 e. The molecule has 0 radical (unpaired) electrons. The molecule has 0 aliphatic carbocycles. The minimum Gasteiger partial charge on any atom is -0.358 e. The molecular formula is C10H16ClN3. The monoisotopic (exact) mass is 213 g/mol. The summed E-state index contributed by atoms with van der Waals surface area (Å²) in [4.78, 5) is 2.07. The quantitative estimate of drug-likeness (QED) is 0.756. The number of hydrogen-bond donors (Lipinski definition) is 0. The van der Waals surface area contributed by atoms with Gasteiger partial charge in [-0.3, -0.25) is 0 Å². The first-order valence-corrected chi connectivity index (χ1v) is 4.97. The summed E-state index contributed by atoms with van der Waals surface area (Å²) in [5.74, 6) is 0.851. The van der Waals surface area contributed by atoms with Crippen molar-refractivity contribution < 1.29 is 0 Å². The van der Waals surface area contributed by atoms with E-state index in [1.54, 1.807) is 6.07 Å². The summed E-state index contributed by atoms with van der Waals surface area (Å²) < 4.78 is 0. The smallest absolute Gasteiger partial charge is 0.151 e. The predicted molar refractivity (Wildman–Crippen MR) is 59.8 cm³/mol. The van der Waals surface area contributed by atoms with Crippen molar-refractivity contribution in [2.75, 3.05) is 18.5 Å². The van der Waals surface area contributed by atoms with Crippen molar-refractivity contribution in [3.05, 3.63) is 17.3 Å². The van der Waals surface area contributed by atoms with Crippen LogP contribution in [-0.4, -0.2) is 23.8 Å². The van der Waals surface area contributed by atoms with E-state index in [0.717, 1.165) is 12.4 Å². The summed E-state index contributed by atoms with van der Waals surface area (Å²) in [7, 11) is 2.00. The van der Waals surface area contributed by atoms with Gasteiger partial charge in [-0.05, 0) is 17.5 Å². The topological polar surface area (TPSA) is 29.0 Å². The Hall–Kier alpha value is -0.830. The van der Waals surface area contributed by atoms with Gasteiger partial charge in [0.1, 0.15) is 0 Å². The van der Waals surface area contributed by atoms with Crippen LogP contribution in [0.15, 0.2) is 12.1 Å². The van der Waals surface area contributed by atoms with E-state index in [2.05, 4.69) is 35.9 Å². The van der Waals surface area contributed by atoms with Crippen molar-refractivity contribution >= 4 is 17.4 Å². The summed E-state index contributed by atoms with van der Waals surface area (Å²) in [6.07, 6.45) is 0.